The molecule has 0 saturated carbocycles. The van der Waals surface area contributed by atoms with Gasteiger partial charge in [-0.1, -0.05) is 31.2 Å². The Kier molecular flexibility index (Phi) is 5.13. The summed E-state index contributed by atoms with van der Waals surface area (Å²) in [5, 5.41) is 5.94. The van der Waals surface area contributed by atoms with Crippen molar-refractivity contribution in [2.24, 2.45) is 7.05 Å². The van der Waals surface area contributed by atoms with Gasteiger partial charge in [-0.15, -0.1) is 0 Å². The van der Waals surface area contributed by atoms with Gasteiger partial charge in [0.1, 0.15) is 17.4 Å². The molecule has 8 heteroatoms. The number of piperazine rings is 1. The fraction of sp³-hybridized carbons (Fsp3) is 0.333. The summed E-state index contributed by atoms with van der Waals surface area (Å²) in [6.07, 6.45) is 4.11. The zero-order valence-corrected chi connectivity index (χ0v) is 18.3. The minimum absolute atomic E-state index is 0.0506. The van der Waals surface area contributed by atoms with Crippen LogP contribution in [0.2, 0.25) is 0 Å². The van der Waals surface area contributed by atoms with Crippen LogP contribution >= 0.6 is 0 Å². The summed E-state index contributed by atoms with van der Waals surface area (Å²) in [5.74, 6) is 0.986. The summed E-state index contributed by atoms with van der Waals surface area (Å²) in [6, 6.07) is 13.3. The van der Waals surface area contributed by atoms with Gasteiger partial charge in [-0.2, -0.15) is 5.10 Å². The number of nitrogens with zero attached hydrogens (tertiary/aromatic N) is 6. The number of rotatable bonds is 4. The lowest BCUT2D eigenvalue weighted by molar-refractivity contribution is -0.135. The first kappa shape index (κ1) is 20.2. The molecular formula is C24H26N6O2. The van der Waals surface area contributed by atoms with E-state index in [2.05, 4.69) is 15.0 Å². The van der Waals surface area contributed by atoms with Crippen LogP contribution in [-0.4, -0.2) is 56.3 Å². The molecule has 4 heterocycles. The second-order valence-electron chi connectivity index (χ2n) is 8.15. The lowest BCUT2D eigenvalue weighted by Crippen LogP contribution is -2.50. The normalized spacial score (nSPS) is 15.4. The van der Waals surface area contributed by atoms with Crippen molar-refractivity contribution in [2.75, 3.05) is 31.1 Å². The molecule has 32 heavy (non-hydrogen) atoms. The summed E-state index contributed by atoms with van der Waals surface area (Å²) in [7, 11) is 1.64. The average molecular weight is 431 g/mol. The van der Waals surface area contributed by atoms with E-state index in [0.29, 0.717) is 25.0 Å². The number of carbonyl (C=O) groups is 1. The van der Waals surface area contributed by atoms with Crippen LogP contribution in [-0.2, 0) is 11.8 Å². The molecule has 1 amide bonds. The van der Waals surface area contributed by atoms with Crippen LogP contribution in [0.15, 0.2) is 59.7 Å². The van der Waals surface area contributed by atoms with Crippen molar-refractivity contribution in [3.63, 3.8) is 0 Å². The predicted octanol–water partition coefficient (Wildman–Crippen LogP) is 2.58. The highest BCUT2D eigenvalue weighted by Crippen LogP contribution is 2.31. The van der Waals surface area contributed by atoms with Gasteiger partial charge in [-0.25, -0.2) is 9.67 Å². The number of aryl methyl sites for hydroxylation is 1. The number of hydrogen-bond acceptors (Lipinski definition) is 5. The van der Waals surface area contributed by atoms with E-state index in [0.717, 1.165) is 35.2 Å². The predicted molar refractivity (Wildman–Crippen MR) is 125 cm³/mol. The van der Waals surface area contributed by atoms with Crippen molar-refractivity contribution in [3.8, 4) is 0 Å². The van der Waals surface area contributed by atoms with E-state index in [9.17, 15) is 9.59 Å². The quantitative estimate of drug-likeness (QED) is 0.497. The van der Waals surface area contributed by atoms with Crippen molar-refractivity contribution in [1.82, 2.24) is 24.2 Å². The van der Waals surface area contributed by atoms with Crippen LogP contribution in [0.3, 0.4) is 0 Å². The lowest BCUT2D eigenvalue weighted by Gasteiger charge is -2.37. The third-order valence-electron chi connectivity index (χ3n) is 6.35. The number of benzene rings is 1. The Morgan fingerprint density at radius 3 is 2.50 bits per heavy atom. The van der Waals surface area contributed by atoms with Gasteiger partial charge >= 0.3 is 0 Å². The average Bonchev–Trinajstić information content (AvgIpc) is 3.17. The number of fused-ring (bicyclic) bond motifs is 3. The van der Waals surface area contributed by atoms with E-state index < -0.39 is 6.04 Å². The van der Waals surface area contributed by atoms with Gasteiger partial charge in [0, 0.05) is 50.2 Å². The van der Waals surface area contributed by atoms with Crippen molar-refractivity contribution >= 4 is 33.5 Å². The molecule has 4 aromatic rings. The number of para-hydroxylation sites is 1. The Hall–Kier alpha value is -3.68. The molecule has 1 fully saturated rings. The number of hydrogen-bond donors (Lipinski definition) is 0. The number of anilines is 1. The Morgan fingerprint density at radius 1 is 1.03 bits per heavy atom. The zero-order chi connectivity index (χ0) is 22.2. The van der Waals surface area contributed by atoms with Gasteiger partial charge in [-0.05, 0) is 24.6 Å². The Balaban J connectivity index is 1.51. The maximum absolute atomic E-state index is 13.7. The molecule has 3 aromatic heterocycles. The maximum atomic E-state index is 13.7. The molecule has 1 saturated heterocycles. The van der Waals surface area contributed by atoms with Crippen LogP contribution in [0.4, 0.5) is 5.82 Å². The minimum Gasteiger partial charge on any atom is -0.353 e. The van der Waals surface area contributed by atoms with Gasteiger partial charge in [0.05, 0.1) is 11.7 Å². The first-order valence-electron chi connectivity index (χ1n) is 11.0. The van der Waals surface area contributed by atoms with E-state index in [1.54, 1.807) is 19.4 Å². The van der Waals surface area contributed by atoms with Crippen LogP contribution in [0.25, 0.3) is 21.8 Å². The molecule has 8 nitrogen and oxygen atoms in total. The number of aromatic nitrogens is 4. The molecule has 1 atom stereocenters. The molecule has 0 bridgehead atoms. The van der Waals surface area contributed by atoms with Crippen molar-refractivity contribution < 1.29 is 4.79 Å². The van der Waals surface area contributed by atoms with E-state index >= 15 is 0 Å². The molecule has 0 radical (unpaired) electrons. The minimum atomic E-state index is -0.450. The molecule has 0 spiro atoms. The van der Waals surface area contributed by atoms with E-state index in [1.807, 2.05) is 58.9 Å². The zero-order valence-electron chi connectivity index (χ0n) is 18.3. The van der Waals surface area contributed by atoms with Crippen LogP contribution in [0.5, 0.6) is 0 Å². The second kappa shape index (κ2) is 8.11. The molecule has 1 aromatic carbocycles. The SMILES string of the molecule is CCC(C(=O)N1CCN(c2ccccn2)CC1)n1c2ccccc2c2cnn(C)c(=O)c21. The molecule has 1 aliphatic heterocycles. The van der Waals surface area contributed by atoms with E-state index in [-0.39, 0.29) is 11.5 Å². The lowest BCUT2D eigenvalue weighted by atomic mass is 10.1. The largest absolute Gasteiger partial charge is 0.353 e. The van der Waals surface area contributed by atoms with Gasteiger partial charge in [0.2, 0.25) is 5.91 Å². The maximum Gasteiger partial charge on any atom is 0.291 e. The highest BCUT2D eigenvalue weighted by atomic mass is 16.2. The highest BCUT2D eigenvalue weighted by Gasteiger charge is 2.31. The summed E-state index contributed by atoms with van der Waals surface area (Å²) >= 11 is 0. The van der Waals surface area contributed by atoms with Crippen LogP contribution < -0.4 is 10.5 Å². The third-order valence-corrected chi connectivity index (χ3v) is 6.35. The van der Waals surface area contributed by atoms with E-state index in [4.69, 9.17) is 0 Å². The number of amides is 1. The van der Waals surface area contributed by atoms with Gasteiger partial charge in [0.15, 0.2) is 0 Å². The monoisotopic (exact) mass is 430 g/mol. The van der Waals surface area contributed by atoms with Crippen LogP contribution in [0.1, 0.15) is 19.4 Å². The third kappa shape index (κ3) is 3.23. The Morgan fingerprint density at radius 2 is 1.78 bits per heavy atom. The smallest absolute Gasteiger partial charge is 0.291 e. The first-order valence-corrected chi connectivity index (χ1v) is 11.0. The van der Waals surface area contributed by atoms with E-state index in [1.165, 1.54) is 4.68 Å². The molecule has 0 N–H and O–H groups in total. The highest BCUT2D eigenvalue weighted by molar-refractivity contribution is 6.08. The molecule has 1 unspecified atom stereocenters. The molecule has 1 aliphatic rings. The summed E-state index contributed by atoms with van der Waals surface area (Å²) in [6.45, 7) is 4.72. The van der Waals surface area contributed by atoms with Gasteiger partial charge in [-0.3, -0.25) is 9.59 Å². The number of pyridine rings is 1. The molecule has 5 rings (SSSR count). The van der Waals surface area contributed by atoms with Crippen molar-refractivity contribution in [2.45, 2.75) is 19.4 Å². The fourth-order valence-electron chi connectivity index (χ4n) is 4.69. The summed E-state index contributed by atoms with van der Waals surface area (Å²) in [4.78, 5) is 35.3. The summed E-state index contributed by atoms with van der Waals surface area (Å²) < 4.78 is 3.27. The van der Waals surface area contributed by atoms with Gasteiger partial charge < -0.3 is 14.4 Å². The molecular weight excluding hydrogens is 404 g/mol. The van der Waals surface area contributed by atoms with Crippen molar-refractivity contribution in [1.29, 1.82) is 0 Å². The topological polar surface area (TPSA) is 76.3 Å². The molecule has 164 valence electrons. The van der Waals surface area contributed by atoms with Crippen molar-refractivity contribution in [3.05, 3.63) is 65.2 Å². The standard InChI is InChI=1S/C24H26N6O2/c1-3-19(23(31)29-14-12-28(13-15-29)21-10-6-7-11-25-21)30-20-9-5-4-8-17(20)18-16-26-27(2)24(32)22(18)30/h4-11,16,19H,3,12-15H2,1-2H3. The Bertz CT molecular complexity index is 1340. The first-order chi connectivity index (χ1) is 15.6. The fourth-order valence-corrected chi connectivity index (χ4v) is 4.69. The summed E-state index contributed by atoms with van der Waals surface area (Å²) in [5.41, 5.74) is 1.24. The van der Waals surface area contributed by atoms with Crippen LogP contribution in [0, 0.1) is 0 Å². The second-order valence-corrected chi connectivity index (χ2v) is 8.15. The Labute approximate surface area is 185 Å². The van der Waals surface area contributed by atoms with Gasteiger partial charge in [0.25, 0.3) is 5.56 Å². The molecule has 0 aliphatic carbocycles. The number of carbonyl (C=O) groups excluding carboxylic acids is 1.